The Hall–Kier alpha value is -4.16. The number of aromatic nitrogens is 4. The summed E-state index contributed by atoms with van der Waals surface area (Å²) in [6.07, 6.45) is 0.851. The van der Waals surface area contributed by atoms with Crippen LogP contribution in [0.25, 0.3) is 5.95 Å². The highest BCUT2D eigenvalue weighted by atomic mass is 35.5. The first-order valence-electron chi connectivity index (χ1n) is 9.77. The molecule has 0 saturated carbocycles. The maximum absolute atomic E-state index is 13.1. The predicted octanol–water partition coefficient (Wildman–Crippen LogP) is 5.73. The lowest BCUT2D eigenvalue weighted by Crippen LogP contribution is -2.18. The van der Waals surface area contributed by atoms with Crippen LogP contribution in [0.4, 0.5) is 18.9 Å². The third kappa shape index (κ3) is 5.39. The molecule has 0 atom stereocenters. The lowest BCUT2D eigenvalue weighted by Gasteiger charge is -2.14. The quantitative estimate of drug-likeness (QED) is 0.322. The van der Waals surface area contributed by atoms with Crippen molar-refractivity contribution in [1.29, 1.82) is 0 Å². The van der Waals surface area contributed by atoms with Gasteiger partial charge in [-0.25, -0.2) is 14.8 Å². The van der Waals surface area contributed by atoms with E-state index in [2.05, 4.69) is 20.3 Å². The zero-order valence-electron chi connectivity index (χ0n) is 17.6. The molecule has 2 N–H and O–H groups in total. The second-order valence-electron chi connectivity index (χ2n) is 7.06. The van der Waals surface area contributed by atoms with Crippen LogP contribution in [-0.2, 0) is 6.18 Å². The molecule has 0 spiro atoms. The molecule has 0 aliphatic rings. The van der Waals surface area contributed by atoms with Gasteiger partial charge in [-0.05, 0) is 30.3 Å². The standard InChI is InChI=1S/C22H12Cl2F3N5O4/c23-15-7-13(14(20(34)35)8-16(15)24)18(33)30-17-9-29-21(32-5-4-28-10-32)31-19(17)36-12-3-1-2-11(6-12)22(25,26)27/h1-10H,(H,30,33)(H,34,35). The zero-order chi connectivity index (χ0) is 26.0. The molecule has 0 aliphatic heterocycles. The van der Waals surface area contributed by atoms with Crippen LogP contribution in [0, 0.1) is 0 Å². The van der Waals surface area contributed by atoms with E-state index in [0.29, 0.717) is 0 Å². The molecule has 4 aromatic rings. The Kier molecular flexibility index (Phi) is 6.82. The van der Waals surface area contributed by atoms with Gasteiger partial charge in [0.2, 0.25) is 11.8 Å². The predicted molar refractivity (Wildman–Crippen MR) is 122 cm³/mol. The van der Waals surface area contributed by atoms with E-state index in [4.69, 9.17) is 27.9 Å². The average Bonchev–Trinajstić information content (AvgIpc) is 3.36. The van der Waals surface area contributed by atoms with Crippen molar-refractivity contribution >= 4 is 40.8 Å². The highest BCUT2D eigenvalue weighted by molar-refractivity contribution is 6.42. The summed E-state index contributed by atoms with van der Waals surface area (Å²) in [7, 11) is 0. The van der Waals surface area contributed by atoms with Gasteiger partial charge in [-0.2, -0.15) is 18.2 Å². The van der Waals surface area contributed by atoms with E-state index in [-0.39, 0.29) is 38.9 Å². The summed E-state index contributed by atoms with van der Waals surface area (Å²) in [4.78, 5) is 36.7. The van der Waals surface area contributed by atoms with Gasteiger partial charge in [0.15, 0.2) is 0 Å². The van der Waals surface area contributed by atoms with Gasteiger partial charge in [-0.1, -0.05) is 29.3 Å². The van der Waals surface area contributed by atoms with Crippen molar-refractivity contribution in [3.63, 3.8) is 0 Å². The van der Waals surface area contributed by atoms with Gasteiger partial charge >= 0.3 is 12.1 Å². The molecule has 2 aromatic heterocycles. The van der Waals surface area contributed by atoms with E-state index in [1.54, 1.807) is 0 Å². The molecule has 184 valence electrons. The van der Waals surface area contributed by atoms with Gasteiger partial charge in [0, 0.05) is 12.4 Å². The number of carbonyl (C=O) groups is 2. The van der Waals surface area contributed by atoms with E-state index in [1.807, 2.05) is 0 Å². The molecule has 0 aliphatic carbocycles. The topological polar surface area (TPSA) is 119 Å². The summed E-state index contributed by atoms with van der Waals surface area (Å²) >= 11 is 11.8. The number of hydrogen-bond acceptors (Lipinski definition) is 6. The second kappa shape index (κ2) is 9.84. The molecule has 9 nitrogen and oxygen atoms in total. The van der Waals surface area contributed by atoms with Crippen LogP contribution in [0.15, 0.2) is 61.3 Å². The highest BCUT2D eigenvalue weighted by Gasteiger charge is 2.31. The van der Waals surface area contributed by atoms with E-state index in [9.17, 15) is 27.9 Å². The Balaban J connectivity index is 1.74. The number of nitrogens with zero attached hydrogens (tertiary/aromatic N) is 4. The van der Waals surface area contributed by atoms with Gasteiger partial charge in [-0.3, -0.25) is 9.36 Å². The van der Waals surface area contributed by atoms with Crippen LogP contribution in [0.3, 0.4) is 0 Å². The van der Waals surface area contributed by atoms with E-state index in [1.165, 1.54) is 29.4 Å². The van der Waals surface area contributed by atoms with Gasteiger partial charge in [-0.15, -0.1) is 0 Å². The molecule has 1 amide bonds. The number of nitrogens with one attached hydrogen (secondary N) is 1. The Morgan fingerprint density at radius 2 is 1.81 bits per heavy atom. The summed E-state index contributed by atoms with van der Waals surface area (Å²) < 4.78 is 46.4. The van der Waals surface area contributed by atoms with Crippen molar-refractivity contribution in [2.24, 2.45) is 0 Å². The molecule has 4 rings (SSSR count). The van der Waals surface area contributed by atoms with Crippen LogP contribution in [0.2, 0.25) is 10.0 Å². The van der Waals surface area contributed by atoms with Crippen molar-refractivity contribution in [1.82, 2.24) is 19.5 Å². The molecule has 2 aromatic carbocycles. The SMILES string of the molecule is O=C(O)c1cc(Cl)c(Cl)cc1C(=O)Nc1cnc(-n2ccnc2)nc1Oc1cccc(C(F)(F)F)c1. The number of benzene rings is 2. The molecule has 2 heterocycles. The van der Waals surface area contributed by atoms with Gasteiger partial charge < -0.3 is 15.2 Å². The summed E-state index contributed by atoms with van der Waals surface area (Å²) in [5, 5.41) is 11.7. The van der Waals surface area contributed by atoms with Gasteiger partial charge in [0.05, 0.1) is 32.9 Å². The molecule has 0 unspecified atom stereocenters. The molecular formula is C22H12Cl2F3N5O4. The second-order valence-corrected chi connectivity index (χ2v) is 7.87. The van der Waals surface area contributed by atoms with Crippen molar-refractivity contribution in [2.75, 3.05) is 5.32 Å². The fourth-order valence-corrected chi connectivity index (χ4v) is 3.30. The molecule has 0 bridgehead atoms. The zero-order valence-corrected chi connectivity index (χ0v) is 19.1. The molecule has 0 saturated heterocycles. The molecule has 36 heavy (non-hydrogen) atoms. The van der Waals surface area contributed by atoms with Gasteiger partial charge in [0.1, 0.15) is 17.8 Å². The Morgan fingerprint density at radius 3 is 2.44 bits per heavy atom. The number of aromatic carboxylic acids is 1. The van der Waals surface area contributed by atoms with Gasteiger partial charge in [0.25, 0.3) is 5.91 Å². The summed E-state index contributed by atoms with van der Waals surface area (Å²) in [6.45, 7) is 0. The lowest BCUT2D eigenvalue weighted by atomic mass is 10.1. The number of halogens is 5. The first-order valence-corrected chi connectivity index (χ1v) is 10.5. The van der Waals surface area contributed by atoms with Crippen molar-refractivity contribution < 1.29 is 32.6 Å². The molecule has 14 heteroatoms. The first kappa shape index (κ1) is 24.9. The molecule has 0 radical (unpaired) electrons. The van der Waals surface area contributed by atoms with E-state index < -0.39 is 29.2 Å². The number of alkyl halides is 3. The fourth-order valence-electron chi connectivity index (χ4n) is 2.97. The maximum Gasteiger partial charge on any atom is 0.416 e. The Labute approximate surface area is 210 Å². The van der Waals surface area contributed by atoms with Crippen LogP contribution in [-0.4, -0.2) is 36.5 Å². The summed E-state index contributed by atoms with van der Waals surface area (Å²) in [5.74, 6) is -2.88. The minimum absolute atomic E-state index is 0.0354. The van der Waals surface area contributed by atoms with Crippen LogP contribution < -0.4 is 10.1 Å². The third-order valence-electron chi connectivity index (χ3n) is 4.64. The molecule has 0 fully saturated rings. The van der Waals surface area contributed by atoms with Crippen LogP contribution in [0.1, 0.15) is 26.3 Å². The third-order valence-corrected chi connectivity index (χ3v) is 5.36. The van der Waals surface area contributed by atoms with E-state index >= 15 is 0 Å². The number of hydrogen-bond donors (Lipinski definition) is 2. The average molecular weight is 538 g/mol. The number of ether oxygens (including phenoxy) is 1. The number of carboxylic acid groups (broad SMARTS) is 1. The number of carboxylic acids is 1. The van der Waals surface area contributed by atoms with Crippen molar-refractivity contribution in [3.8, 4) is 17.6 Å². The minimum atomic E-state index is -4.62. The van der Waals surface area contributed by atoms with E-state index in [0.717, 1.165) is 36.5 Å². The molecular weight excluding hydrogens is 526 g/mol. The largest absolute Gasteiger partial charge is 0.478 e. The van der Waals surface area contributed by atoms with Crippen LogP contribution in [0.5, 0.6) is 11.6 Å². The minimum Gasteiger partial charge on any atom is -0.478 e. The number of rotatable bonds is 6. The lowest BCUT2D eigenvalue weighted by molar-refractivity contribution is -0.137. The Bertz CT molecular complexity index is 1460. The van der Waals surface area contributed by atoms with Crippen LogP contribution >= 0.6 is 23.2 Å². The number of carbonyl (C=O) groups excluding carboxylic acids is 1. The normalized spacial score (nSPS) is 11.2. The Morgan fingerprint density at radius 1 is 1.08 bits per heavy atom. The van der Waals surface area contributed by atoms with Crippen molar-refractivity contribution in [2.45, 2.75) is 6.18 Å². The van der Waals surface area contributed by atoms with Crippen molar-refractivity contribution in [3.05, 3.63) is 88.1 Å². The fraction of sp³-hybridized carbons (Fsp3) is 0.0455. The first-order chi connectivity index (χ1) is 17.0. The number of imidazole rings is 1. The smallest absolute Gasteiger partial charge is 0.416 e. The monoisotopic (exact) mass is 537 g/mol. The maximum atomic E-state index is 13.1. The summed E-state index contributed by atoms with van der Waals surface area (Å²) in [5.41, 5.74) is -1.89. The number of amides is 1. The highest BCUT2D eigenvalue weighted by Crippen LogP contribution is 2.34. The summed E-state index contributed by atoms with van der Waals surface area (Å²) in [6, 6.07) is 6.11. The number of anilines is 1.